The van der Waals surface area contributed by atoms with E-state index >= 15 is 0 Å². The van der Waals surface area contributed by atoms with Crippen LogP contribution in [0.4, 0.5) is 23.2 Å². The predicted molar refractivity (Wildman–Crippen MR) is 126 cm³/mol. The summed E-state index contributed by atoms with van der Waals surface area (Å²) in [7, 11) is 0. The Balaban J connectivity index is 2.11. The third-order valence-electron chi connectivity index (χ3n) is 4.90. The number of hydrogen-bond acceptors (Lipinski definition) is 4. The molecule has 0 radical (unpaired) electrons. The highest BCUT2D eigenvalue weighted by Gasteiger charge is 2.36. The Bertz CT molecular complexity index is 1440. The van der Waals surface area contributed by atoms with E-state index in [0.29, 0.717) is 11.6 Å². The molecule has 3 aromatic rings. The fourth-order valence-corrected chi connectivity index (χ4v) is 3.53. The second-order valence-electron chi connectivity index (χ2n) is 7.26. The topological polar surface area (TPSA) is 116 Å². The Morgan fingerprint density at radius 2 is 1.78 bits per heavy atom. The molecular weight excluding hydrogens is 502 g/mol. The Morgan fingerprint density at radius 3 is 2.39 bits per heavy atom. The minimum atomic E-state index is -4.88. The smallest absolute Gasteiger partial charge is 0.417 e. The van der Waals surface area contributed by atoms with Gasteiger partial charge in [-0.05, 0) is 48.5 Å². The summed E-state index contributed by atoms with van der Waals surface area (Å²) < 4.78 is 55.1. The SMILES string of the molecule is N=C(c1ccc(C(=O)O)cc1F)c1ccc(C#CCN)cc1NC(=O)c1c(Cl)cccc1C(F)(F)F. The molecule has 0 aliphatic rings. The molecule has 0 aromatic heterocycles. The van der Waals surface area contributed by atoms with Crippen LogP contribution in [0.1, 0.15) is 43.0 Å². The Morgan fingerprint density at radius 1 is 1.08 bits per heavy atom. The number of nitrogens with two attached hydrogens (primary N) is 1. The molecule has 0 heterocycles. The largest absolute Gasteiger partial charge is 0.478 e. The molecule has 0 bridgehead atoms. The van der Waals surface area contributed by atoms with Crippen LogP contribution in [0, 0.1) is 23.1 Å². The average molecular weight is 518 g/mol. The fourth-order valence-electron chi connectivity index (χ4n) is 3.27. The number of carbonyl (C=O) groups excluding carboxylic acids is 1. The van der Waals surface area contributed by atoms with E-state index in [1.54, 1.807) is 0 Å². The number of nitrogens with one attached hydrogen (secondary N) is 2. The Hall–Kier alpha value is -4.20. The summed E-state index contributed by atoms with van der Waals surface area (Å²) in [5, 5.41) is 19.4. The quantitative estimate of drug-likeness (QED) is 0.212. The minimum absolute atomic E-state index is 0.00890. The molecule has 0 aliphatic heterocycles. The number of amides is 1. The fraction of sp³-hybridized carbons (Fsp3) is 0.0800. The molecule has 0 aliphatic carbocycles. The van der Waals surface area contributed by atoms with Crippen LogP contribution in [-0.4, -0.2) is 29.2 Å². The summed E-state index contributed by atoms with van der Waals surface area (Å²) in [5.74, 6) is 1.68. The van der Waals surface area contributed by atoms with Gasteiger partial charge in [-0.1, -0.05) is 29.5 Å². The number of carboxylic acid groups (broad SMARTS) is 1. The molecule has 3 rings (SSSR count). The van der Waals surface area contributed by atoms with Crippen molar-refractivity contribution in [3.8, 4) is 11.8 Å². The number of anilines is 1. The van der Waals surface area contributed by atoms with E-state index < -0.39 is 45.7 Å². The van der Waals surface area contributed by atoms with Crippen LogP contribution in [0.3, 0.4) is 0 Å². The molecule has 5 N–H and O–H groups in total. The van der Waals surface area contributed by atoms with Crippen LogP contribution in [0.25, 0.3) is 0 Å². The molecule has 3 aromatic carbocycles. The van der Waals surface area contributed by atoms with Crippen molar-refractivity contribution in [1.82, 2.24) is 0 Å². The van der Waals surface area contributed by atoms with E-state index in [0.717, 1.165) is 30.3 Å². The Kier molecular flexibility index (Phi) is 7.77. The van der Waals surface area contributed by atoms with Crippen LogP contribution in [0.15, 0.2) is 54.6 Å². The van der Waals surface area contributed by atoms with Gasteiger partial charge in [-0.3, -0.25) is 10.2 Å². The average Bonchev–Trinajstić information content (AvgIpc) is 2.81. The van der Waals surface area contributed by atoms with Crippen molar-refractivity contribution in [2.75, 3.05) is 11.9 Å². The second kappa shape index (κ2) is 10.6. The number of hydrogen-bond donors (Lipinski definition) is 4. The zero-order chi connectivity index (χ0) is 26.6. The van der Waals surface area contributed by atoms with Crippen LogP contribution in [0.2, 0.25) is 5.02 Å². The van der Waals surface area contributed by atoms with Crippen molar-refractivity contribution >= 4 is 34.9 Å². The number of rotatable bonds is 5. The van der Waals surface area contributed by atoms with E-state index in [2.05, 4.69) is 17.2 Å². The number of carboxylic acids is 1. The van der Waals surface area contributed by atoms with E-state index in [1.807, 2.05) is 0 Å². The number of carbonyl (C=O) groups is 2. The lowest BCUT2D eigenvalue weighted by molar-refractivity contribution is -0.137. The van der Waals surface area contributed by atoms with Gasteiger partial charge in [0.2, 0.25) is 0 Å². The standard InChI is InChI=1S/C25H16ClF4N3O3/c26-18-5-1-4-17(25(28,29)30)21(18)23(34)33-20-11-13(3-2-10-31)6-8-16(20)22(32)15-9-7-14(24(35)36)12-19(15)27/h1,4-9,11-12,32H,10,31H2,(H,33,34)(H,35,36). The summed E-state index contributed by atoms with van der Waals surface area (Å²) in [6.07, 6.45) is -4.88. The molecule has 11 heteroatoms. The van der Waals surface area contributed by atoms with Crippen LogP contribution in [0.5, 0.6) is 0 Å². The molecule has 184 valence electrons. The molecule has 0 saturated heterocycles. The van der Waals surface area contributed by atoms with Gasteiger partial charge in [0.1, 0.15) is 5.82 Å². The highest BCUT2D eigenvalue weighted by Crippen LogP contribution is 2.35. The lowest BCUT2D eigenvalue weighted by Crippen LogP contribution is -2.21. The number of benzene rings is 3. The summed E-state index contributed by atoms with van der Waals surface area (Å²) in [6, 6.07) is 9.82. The molecule has 6 nitrogen and oxygen atoms in total. The maximum atomic E-state index is 14.6. The van der Waals surface area contributed by atoms with Gasteiger partial charge in [0.05, 0.1) is 39.7 Å². The van der Waals surface area contributed by atoms with Crippen molar-refractivity contribution in [3.05, 3.63) is 98.8 Å². The zero-order valence-electron chi connectivity index (χ0n) is 18.1. The van der Waals surface area contributed by atoms with Crippen molar-refractivity contribution in [3.63, 3.8) is 0 Å². The number of alkyl halides is 3. The minimum Gasteiger partial charge on any atom is -0.478 e. The van der Waals surface area contributed by atoms with Crippen LogP contribution in [-0.2, 0) is 6.18 Å². The zero-order valence-corrected chi connectivity index (χ0v) is 18.9. The molecule has 0 atom stereocenters. The maximum absolute atomic E-state index is 14.6. The normalized spacial score (nSPS) is 10.8. The van der Waals surface area contributed by atoms with Crippen molar-refractivity contribution in [2.24, 2.45) is 5.73 Å². The first kappa shape index (κ1) is 26.4. The van der Waals surface area contributed by atoms with Gasteiger partial charge < -0.3 is 16.2 Å². The van der Waals surface area contributed by atoms with E-state index in [1.165, 1.54) is 18.2 Å². The van der Waals surface area contributed by atoms with Gasteiger partial charge in [0.25, 0.3) is 5.91 Å². The first-order valence-corrected chi connectivity index (χ1v) is 10.4. The molecule has 0 spiro atoms. The van der Waals surface area contributed by atoms with Gasteiger partial charge >= 0.3 is 12.1 Å². The summed E-state index contributed by atoms with van der Waals surface area (Å²) in [4.78, 5) is 24.0. The molecule has 36 heavy (non-hydrogen) atoms. The van der Waals surface area contributed by atoms with Crippen LogP contribution < -0.4 is 11.1 Å². The summed E-state index contributed by atoms with van der Waals surface area (Å²) in [6.45, 7) is 0.00890. The third kappa shape index (κ3) is 5.71. The van der Waals surface area contributed by atoms with Crippen molar-refractivity contribution in [1.29, 1.82) is 5.41 Å². The van der Waals surface area contributed by atoms with Gasteiger partial charge in [0, 0.05) is 16.7 Å². The van der Waals surface area contributed by atoms with E-state index in [-0.39, 0.29) is 28.9 Å². The highest BCUT2D eigenvalue weighted by molar-refractivity contribution is 6.34. The first-order valence-electron chi connectivity index (χ1n) is 10.1. The van der Waals surface area contributed by atoms with E-state index in [9.17, 15) is 27.2 Å². The molecule has 0 saturated carbocycles. The second-order valence-corrected chi connectivity index (χ2v) is 7.66. The van der Waals surface area contributed by atoms with Crippen molar-refractivity contribution < 1.29 is 32.3 Å². The van der Waals surface area contributed by atoms with Crippen molar-refractivity contribution in [2.45, 2.75) is 6.18 Å². The highest BCUT2D eigenvalue weighted by atomic mass is 35.5. The third-order valence-corrected chi connectivity index (χ3v) is 5.22. The lowest BCUT2D eigenvalue weighted by Gasteiger charge is -2.17. The van der Waals surface area contributed by atoms with Gasteiger partial charge in [-0.15, -0.1) is 0 Å². The Labute approximate surface area is 207 Å². The maximum Gasteiger partial charge on any atom is 0.417 e. The molecular formula is C25H16ClF4N3O3. The van der Waals surface area contributed by atoms with Gasteiger partial charge in [-0.2, -0.15) is 13.2 Å². The van der Waals surface area contributed by atoms with Gasteiger partial charge in [-0.25, -0.2) is 9.18 Å². The first-order chi connectivity index (χ1) is 16.9. The predicted octanol–water partition coefficient (Wildman–Crippen LogP) is 5.17. The summed E-state index contributed by atoms with van der Waals surface area (Å²) in [5.41, 5.74) is 2.25. The van der Waals surface area contributed by atoms with Gasteiger partial charge in [0.15, 0.2) is 0 Å². The number of aromatic carboxylic acids is 1. The van der Waals surface area contributed by atoms with Crippen LogP contribution >= 0.6 is 11.6 Å². The molecule has 0 unspecified atom stereocenters. The lowest BCUT2D eigenvalue weighted by atomic mass is 9.97. The molecule has 0 fully saturated rings. The van der Waals surface area contributed by atoms with E-state index in [4.69, 9.17) is 27.9 Å². The monoisotopic (exact) mass is 517 g/mol. The number of halogens is 5. The summed E-state index contributed by atoms with van der Waals surface area (Å²) >= 11 is 5.92. The molecule has 1 amide bonds.